The maximum absolute atomic E-state index is 12.5. The van der Waals surface area contributed by atoms with Crippen molar-refractivity contribution in [3.8, 4) is 5.75 Å². The zero-order chi connectivity index (χ0) is 17.1. The van der Waals surface area contributed by atoms with E-state index in [1.54, 1.807) is 18.2 Å². The maximum atomic E-state index is 12.5. The summed E-state index contributed by atoms with van der Waals surface area (Å²) in [5, 5.41) is 3.59. The zero-order valence-corrected chi connectivity index (χ0v) is 15.0. The predicted molar refractivity (Wildman–Crippen MR) is 93.9 cm³/mol. The summed E-state index contributed by atoms with van der Waals surface area (Å²) in [5.74, 6) is 0.539. The summed E-state index contributed by atoms with van der Waals surface area (Å²) in [6, 6.07) is 5.78. The Balaban J connectivity index is 1.58. The van der Waals surface area contributed by atoms with Crippen LogP contribution in [0.1, 0.15) is 37.0 Å². The number of carbonyl (C=O) groups excluding carboxylic acids is 1. The summed E-state index contributed by atoms with van der Waals surface area (Å²) in [6.45, 7) is 7.32. The van der Waals surface area contributed by atoms with E-state index < -0.39 is 0 Å². The van der Waals surface area contributed by atoms with Gasteiger partial charge in [-0.2, -0.15) is 0 Å². The van der Waals surface area contributed by atoms with Gasteiger partial charge in [-0.05, 0) is 38.0 Å². The Morgan fingerprint density at radius 3 is 3.04 bits per heavy atom. The molecular formula is C18H25ClN2O3. The van der Waals surface area contributed by atoms with Crippen LogP contribution in [0.3, 0.4) is 0 Å². The van der Waals surface area contributed by atoms with Gasteiger partial charge in [0.25, 0.3) is 5.91 Å². The summed E-state index contributed by atoms with van der Waals surface area (Å²) >= 11 is 6.21. The smallest absolute Gasteiger partial charge is 0.251 e. The fraction of sp³-hybridized carbons (Fsp3) is 0.611. The zero-order valence-electron chi connectivity index (χ0n) is 14.3. The number of nitrogens with zero attached hydrogens (tertiary/aromatic N) is 1. The highest BCUT2D eigenvalue weighted by atomic mass is 35.5. The lowest BCUT2D eigenvalue weighted by molar-refractivity contribution is -0.0390. The Kier molecular flexibility index (Phi) is 5.64. The van der Waals surface area contributed by atoms with Gasteiger partial charge < -0.3 is 14.8 Å². The quantitative estimate of drug-likeness (QED) is 0.885. The maximum Gasteiger partial charge on any atom is 0.251 e. The van der Waals surface area contributed by atoms with E-state index in [1.807, 2.05) is 6.92 Å². The highest BCUT2D eigenvalue weighted by Crippen LogP contribution is 2.26. The lowest BCUT2D eigenvalue weighted by Crippen LogP contribution is -2.45. The fourth-order valence-corrected chi connectivity index (χ4v) is 3.62. The minimum Gasteiger partial charge on any atom is -0.492 e. The van der Waals surface area contributed by atoms with Gasteiger partial charge in [0, 0.05) is 30.7 Å². The van der Waals surface area contributed by atoms with E-state index in [4.69, 9.17) is 21.1 Å². The first kappa shape index (κ1) is 17.5. The highest BCUT2D eigenvalue weighted by Gasteiger charge is 2.36. The first-order chi connectivity index (χ1) is 11.6. The van der Waals surface area contributed by atoms with Crippen LogP contribution < -0.4 is 10.1 Å². The molecule has 1 aromatic carbocycles. The number of hydrogen-bond acceptors (Lipinski definition) is 4. The van der Waals surface area contributed by atoms with Crippen LogP contribution in [0.25, 0.3) is 0 Å². The largest absolute Gasteiger partial charge is 0.492 e. The van der Waals surface area contributed by atoms with E-state index in [-0.39, 0.29) is 18.1 Å². The molecule has 1 N–H and O–H groups in total. The molecule has 0 radical (unpaired) electrons. The van der Waals surface area contributed by atoms with Gasteiger partial charge in [-0.15, -0.1) is 0 Å². The van der Waals surface area contributed by atoms with E-state index in [9.17, 15) is 4.79 Å². The molecule has 6 heteroatoms. The first-order valence-corrected chi connectivity index (χ1v) is 9.03. The van der Waals surface area contributed by atoms with Gasteiger partial charge in [0.05, 0.1) is 24.3 Å². The lowest BCUT2D eigenvalue weighted by Gasteiger charge is -2.33. The number of rotatable bonds is 5. The van der Waals surface area contributed by atoms with Gasteiger partial charge in [-0.3, -0.25) is 9.69 Å². The van der Waals surface area contributed by atoms with Crippen molar-refractivity contribution in [2.24, 2.45) is 0 Å². The van der Waals surface area contributed by atoms with Crippen LogP contribution >= 0.6 is 11.6 Å². The van der Waals surface area contributed by atoms with Gasteiger partial charge in [-0.1, -0.05) is 18.5 Å². The monoisotopic (exact) mass is 352 g/mol. The summed E-state index contributed by atoms with van der Waals surface area (Å²) in [4.78, 5) is 14.9. The van der Waals surface area contributed by atoms with Crippen LogP contribution in [0.4, 0.5) is 0 Å². The molecule has 0 unspecified atom stereocenters. The van der Waals surface area contributed by atoms with Crippen molar-refractivity contribution in [2.45, 2.75) is 44.9 Å². The summed E-state index contributed by atoms with van der Waals surface area (Å²) in [7, 11) is 0. The molecule has 24 heavy (non-hydrogen) atoms. The Bertz CT molecular complexity index is 596. The van der Waals surface area contributed by atoms with Gasteiger partial charge in [0.2, 0.25) is 0 Å². The second kappa shape index (κ2) is 7.72. The average Bonchev–Trinajstić information content (AvgIpc) is 2.94. The van der Waals surface area contributed by atoms with E-state index >= 15 is 0 Å². The van der Waals surface area contributed by atoms with Crippen LogP contribution in [0, 0.1) is 0 Å². The molecule has 0 bridgehead atoms. The molecule has 132 valence electrons. The molecule has 2 fully saturated rings. The van der Waals surface area contributed by atoms with E-state index in [0.717, 1.165) is 32.5 Å². The predicted octanol–water partition coefficient (Wildman–Crippen LogP) is 2.72. The molecule has 0 saturated carbocycles. The number of halogens is 1. The van der Waals surface area contributed by atoms with Gasteiger partial charge >= 0.3 is 0 Å². The Morgan fingerprint density at radius 1 is 1.46 bits per heavy atom. The van der Waals surface area contributed by atoms with Crippen molar-refractivity contribution in [1.82, 2.24) is 10.2 Å². The van der Waals surface area contributed by atoms with Crippen LogP contribution in [0.2, 0.25) is 5.02 Å². The third kappa shape index (κ3) is 4.02. The number of ether oxygens (including phenoxy) is 2. The molecule has 1 amide bonds. The van der Waals surface area contributed by atoms with Crippen molar-refractivity contribution in [2.75, 3.05) is 26.3 Å². The third-order valence-corrected chi connectivity index (χ3v) is 4.88. The number of fused-ring (bicyclic) bond motifs is 1. The van der Waals surface area contributed by atoms with E-state index in [1.165, 1.54) is 0 Å². The Labute approximate surface area is 148 Å². The molecule has 2 saturated heterocycles. The third-order valence-electron chi connectivity index (χ3n) is 4.58. The minimum absolute atomic E-state index is 0.0854. The molecule has 0 aliphatic carbocycles. The van der Waals surface area contributed by atoms with Gasteiger partial charge in [-0.25, -0.2) is 0 Å². The molecule has 2 heterocycles. The normalized spacial score (nSPS) is 26.9. The summed E-state index contributed by atoms with van der Waals surface area (Å²) in [6.07, 6.45) is 2.12. The summed E-state index contributed by atoms with van der Waals surface area (Å²) < 4.78 is 11.2. The molecule has 5 nitrogen and oxygen atoms in total. The van der Waals surface area contributed by atoms with Crippen molar-refractivity contribution < 1.29 is 14.3 Å². The summed E-state index contributed by atoms with van der Waals surface area (Å²) in [5.41, 5.74) is 0.568. The van der Waals surface area contributed by atoms with Gasteiger partial charge in [0.1, 0.15) is 5.75 Å². The lowest BCUT2D eigenvalue weighted by atomic mass is 10.1. The number of amides is 1. The standard InChI is InChI=1S/C18H25ClN2O3/c1-3-6-23-17-5-4-13(7-16(17)19)18(22)20-14-8-15-11-24-12(2)9-21(15)10-14/h4-5,7,12,14-15H,3,6,8-11H2,1-2H3,(H,20,22)/t12-,14-,15-/m0/s1. The van der Waals surface area contributed by atoms with E-state index in [0.29, 0.717) is 29.0 Å². The van der Waals surface area contributed by atoms with Crippen molar-refractivity contribution in [3.63, 3.8) is 0 Å². The molecule has 3 atom stereocenters. The number of benzene rings is 1. The average molecular weight is 353 g/mol. The van der Waals surface area contributed by atoms with Crippen molar-refractivity contribution in [1.29, 1.82) is 0 Å². The Hall–Kier alpha value is -1.30. The molecular weight excluding hydrogens is 328 g/mol. The fourth-order valence-electron chi connectivity index (χ4n) is 3.38. The minimum atomic E-state index is -0.0854. The second-order valence-electron chi connectivity index (χ2n) is 6.65. The van der Waals surface area contributed by atoms with Crippen LogP contribution in [0.5, 0.6) is 5.75 Å². The number of morpholine rings is 1. The van der Waals surface area contributed by atoms with Crippen LogP contribution in [-0.2, 0) is 4.74 Å². The SMILES string of the molecule is CCCOc1ccc(C(=O)N[C@H]2C[C@H]3CO[C@@H](C)CN3C2)cc1Cl. The highest BCUT2D eigenvalue weighted by molar-refractivity contribution is 6.32. The van der Waals surface area contributed by atoms with Crippen LogP contribution in [0.15, 0.2) is 18.2 Å². The molecule has 2 aliphatic rings. The Morgan fingerprint density at radius 2 is 2.29 bits per heavy atom. The van der Waals surface area contributed by atoms with Gasteiger partial charge in [0.15, 0.2) is 0 Å². The molecule has 1 aromatic rings. The first-order valence-electron chi connectivity index (χ1n) is 8.65. The molecule has 0 aromatic heterocycles. The second-order valence-corrected chi connectivity index (χ2v) is 7.06. The van der Waals surface area contributed by atoms with Crippen LogP contribution in [-0.4, -0.2) is 55.3 Å². The molecule has 3 rings (SSSR count). The number of carbonyl (C=O) groups is 1. The van der Waals surface area contributed by atoms with E-state index in [2.05, 4.69) is 17.1 Å². The van der Waals surface area contributed by atoms with Crippen molar-refractivity contribution in [3.05, 3.63) is 28.8 Å². The number of nitrogens with one attached hydrogen (secondary N) is 1. The van der Waals surface area contributed by atoms with Crippen molar-refractivity contribution >= 4 is 17.5 Å². The molecule has 2 aliphatic heterocycles. The number of hydrogen-bond donors (Lipinski definition) is 1. The molecule has 0 spiro atoms. The topological polar surface area (TPSA) is 50.8 Å².